The van der Waals surface area contributed by atoms with Gasteiger partial charge in [0, 0.05) is 0 Å². The van der Waals surface area contributed by atoms with Crippen LogP contribution in [0.25, 0.3) is 0 Å². The molecule has 0 unspecified atom stereocenters. The Kier molecular flexibility index (Phi) is 19.9. The molecule has 0 N–H and O–H groups in total. The van der Waals surface area contributed by atoms with Gasteiger partial charge < -0.3 is 0 Å². The first kappa shape index (κ1) is 21.1. The molecular formula is C9H21I3NaSSi-3. The summed E-state index contributed by atoms with van der Waals surface area (Å²) in [6.45, 7) is 7.00. The molecule has 6 heteroatoms. The van der Waals surface area contributed by atoms with Crippen LogP contribution in [-0.4, -0.2) is 13.0 Å². The Bertz CT molecular complexity index is 119. The van der Waals surface area contributed by atoms with Gasteiger partial charge in [0.1, 0.15) is 0 Å². The fourth-order valence-corrected chi connectivity index (χ4v) is 56.1. The van der Waals surface area contributed by atoms with Crippen LogP contribution in [0.15, 0.2) is 0 Å². The molecule has 0 nitrogen and oxygen atoms in total. The molecule has 0 saturated carbocycles. The molecule has 0 amide bonds. The summed E-state index contributed by atoms with van der Waals surface area (Å²) in [5, 5.41) is 0. The minimum absolute atomic E-state index is 0. The average Bonchev–Trinajstić information content (AvgIpc) is 2.21. The number of halogens is 3. The van der Waals surface area contributed by atoms with E-state index in [2.05, 4.69) is 20.8 Å². The van der Waals surface area contributed by atoms with Crippen molar-refractivity contribution in [2.45, 2.75) is 40.0 Å². The Morgan fingerprint density at radius 3 is 1.27 bits per heavy atom. The van der Waals surface area contributed by atoms with Crippen molar-refractivity contribution in [2.24, 2.45) is 0 Å². The topological polar surface area (TPSA) is 0 Å². The summed E-state index contributed by atoms with van der Waals surface area (Å²) in [4.78, 5) is 0. The van der Waals surface area contributed by atoms with Crippen LogP contribution in [0.3, 0.4) is 0 Å². The molecule has 0 radical (unpaired) electrons. The molecule has 0 aliphatic heterocycles. The van der Waals surface area contributed by atoms with Crippen LogP contribution in [-0.2, 0) is 12.1 Å². The zero-order valence-electron chi connectivity index (χ0n) is 10.3. The van der Waals surface area contributed by atoms with Gasteiger partial charge in [-0.3, -0.25) is 0 Å². The summed E-state index contributed by atoms with van der Waals surface area (Å²) in [6.07, 6.45) is 4.22. The molecule has 0 aliphatic carbocycles. The number of hydrogen-bond donors (Lipinski definition) is 0. The first-order chi connectivity index (χ1) is 6.68. The molecular weight excluding hydrogens is 572 g/mol. The standard InChI is InChI=1S/C9H21I3SSi.Na/c1-4-7-10-14(13,11-8-5-2)12-9-6-3;/h4-9H2,1-3H3;/q-4;+1. The van der Waals surface area contributed by atoms with Gasteiger partial charge in [0.05, 0.1) is 0 Å². The number of rotatable bonds is 9. The zero-order valence-corrected chi connectivity index (χ0v) is 20.6. The van der Waals surface area contributed by atoms with Gasteiger partial charge in [0.15, 0.2) is 0 Å². The molecule has 0 aromatic rings. The SMILES string of the molecule is CCC[I-][Si]([S-])([I-]CCC)[I-]CCC.[Na+]. The third-order valence-corrected chi connectivity index (χ3v) is 60.3. The molecule has 0 saturated heterocycles. The fraction of sp³-hybridized carbons (Fsp3) is 1.00. The average molecular weight is 593 g/mol. The monoisotopic (exact) mass is 593 g/mol. The summed E-state index contributed by atoms with van der Waals surface area (Å²) >= 11 is 7.59. The van der Waals surface area contributed by atoms with Crippen molar-refractivity contribution < 1.29 is 90.8 Å². The molecule has 0 fully saturated rings. The molecule has 0 rings (SSSR count). The molecule has 0 atom stereocenters. The molecule has 0 spiro atoms. The van der Waals surface area contributed by atoms with E-state index in [1.54, 1.807) is 13.3 Å². The van der Waals surface area contributed by atoms with Gasteiger partial charge in [-0.15, -0.1) is 0 Å². The summed E-state index contributed by atoms with van der Waals surface area (Å²) in [5.74, 6) is 0. The van der Waals surface area contributed by atoms with Gasteiger partial charge in [-0.1, -0.05) is 0 Å². The minimum atomic E-state index is -0.899. The Labute approximate surface area is 153 Å². The second kappa shape index (κ2) is 14.2. The van der Waals surface area contributed by atoms with E-state index in [0.29, 0.717) is 61.2 Å². The normalized spacial score (nSPS) is 12.0. The second-order valence-corrected chi connectivity index (χ2v) is 56.3. The van der Waals surface area contributed by atoms with Crippen molar-refractivity contribution in [3.8, 4) is 0 Å². The van der Waals surface area contributed by atoms with E-state index < -0.39 is -0.287 Å². The van der Waals surface area contributed by atoms with E-state index in [4.69, 9.17) is 12.1 Å². The van der Waals surface area contributed by atoms with Crippen LogP contribution < -0.4 is 90.8 Å². The maximum Gasteiger partial charge on any atom is 1.00 e. The van der Waals surface area contributed by atoms with Crippen LogP contribution >= 0.6 is 0 Å². The third-order valence-electron chi connectivity index (χ3n) is 1.32. The maximum atomic E-state index is 6.08. The van der Waals surface area contributed by atoms with Crippen LogP contribution in [0.2, 0.25) is 0 Å². The fourth-order valence-electron chi connectivity index (χ4n) is 0.721. The van der Waals surface area contributed by atoms with Crippen molar-refractivity contribution in [3.05, 3.63) is 0 Å². The van der Waals surface area contributed by atoms with E-state index in [0.717, 1.165) is 0 Å². The first-order valence-electron chi connectivity index (χ1n) is 5.19. The van der Waals surface area contributed by atoms with Crippen LogP contribution in [0.4, 0.5) is 0 Å². The Balaban J connectivity index is 0. The van der Waals surface area contributed by atoms with Crippen LogP contribution in [0, 0.1) is 0 Å². The Hall–Kier alpha value is 3.76. The van der Waals surface area contributed by atoms with Crippen molar-refractivity contribution in [1.29, 1.82) is 0 Å². The van der Waals surface area contributed by atoms with Crippen LogP contribution in [0.5, 0.6) is 0 Å². The van der Waals surface area contributed by atoms with E-state index in [1.807, 2.05) is 0 Å². The first-order valence-corrected chi connectivity index (χ1v) is 22.2. The molecule has 0 aliphatic rings. The third kappa shape index (κ3) is 12.5. The predicted molar refractivity (Wildman–Crippen MR) is 58.6 cm³/mol. The van der Waals surface area contributed by atoms with E-state index >= 15 is 0 Å². The zero-order chi connectivity index (χ0) is 10.9. The summed E-state index contributed by atoms with van der Waals surface area (Å²) in [5.41, 5.74) is 0. The van der Waals surface area contributed by atoms with Crippen LogP contribution in [0.1, 0.15) is 40.0 Å². The Morgan fingerprint density at radius 1 is 0.800 bits per heavy atom. The minimum Gasteiger partial charge on any atom is 1.00 e. The van der Waals surface area contributed by atoms with E-state index in [9.17, 15) is 0 Å². The molecule has 92 valence electrons. The number of hydrogen-bond acceptors (Lipinski definition) is 1. The van der Waals surface area contributed by atoms with E-state index in [1.165, 1.54) is 19.3 Å². The van der Waals surface area contributed by atoms with Gasteiger partial charge in [0.25, 0.3) is 0 Å². The van der Waals surface area contributed by atoms with Gasteiger partial charge in [0.2, 0.25) is 0 Å². The smallest absolute Gasteiger partial charge is 1.00 e. The van der Waals surface area contributed by atoms with Gasteiger partial charge in [-0.2, -0.15) is 0 Å². The summed E-state index contributed by atoms with van der Waals surface area (Å²) in [6, 6.07) is 0. The van der Waals surface area contributed by atoms with Crippen molar-refractivity contribution >= 4 is 11.8 Å². The molecule has 15 heavy (non-hydrogen) atoms. The summed E-state index contributed by atoms with van der Waals surface area (Å²) < 4.78 is 3.73. The predicted octanol–water partition coefficient (Wildman–Crippen LogP) is -9.53. The maximum absolute atomic E-state index is 6.08. The van der Waals surface area contributed by atoms with Gasteiger partial charge in [-0.25, -0.2) is 0 Å². The number of alkyl halides is 3. The van der Waals surface area contributed by atoms with Gasteiger partial charge >= 0.3 is 156 Å². The largest absolute Gasteiger partial charge is 1.00 e. The molecule has 0 aromatic carbocycles. The van der Waals surface area contributed by atoms with Crippen molar-refractivity contribution in [2.75, 3.05) is 13.3 Å². The Morgan fingerprint density at radius 2 is 1.07 bits per heavy atom. The quantitative estimate of drug-likeness (QED) is 0.0843. The molecule has 0 bridgehead atoms. The van der Waals surface area contributed by atoms with Crippen molar-refractivity contribution in [3.63, 3.8) is 0 Å². The second-order valence-electron chi connectivity index (χ2n) is 2.91. The molecule has 0 heterocycles. The van der Waals surface area contributed by atoms with Crippen molar-refractivity contribution in [1.82, 2.24) is 0 Å². The summed E-state index contributed by atoms with van der Waals surface area (Å²) in [7, 11) is 0. The van der Waals surface area contributed by atoms with E-state index in [-0.39, 0.29) is 29.6 Å². The van der Waals surface area contributed by atoms with Gasteiger partial charge in [-0.05, 0) is 0 Å². The molecule has 0 aromatic heterocycles.